The van der Waals surface area contributed by atoms with Crippen molar-refractivity contribution < 1.29 is 17.9 Å². The first kappa shape index (κ1) is 16.3. The Morgan fingerprint density at radius 2 is 2.10 bits per heavy atom. The quantitative estimate of drug-likeness (QED) is 0.771. The van der Waals surface area contributed by atoms with Crippen LogP contribution in [-0.4, -0.2) is 47.3 Å². The highest BCUT2D eigenvalue weighted by Gasteiger charge is 2.34. The van der Waals surface area contributed by atoms with E-state index in [0.29, 0.717) is 19.6 Å². The molecule has 1 aromatic carbocycles. The van der Waals surface area contributed by atoms with Gasteiger partial charge in [0.05, 0.1) is 18.1 Å². The summed E-state index contributed by atoms with van der Waals surface area (Å²) >= 11 is 0. The Kier molecular flexibility index (Phi) is 5.61. The van der Waals surface area contributed by atoms with Gasteiger partial charge in [-0.1, -0.05) is 18.2 Å². The first-order valence-corrected chi connectivity index (χ1v) is 8.98. The van der Waals surface area contributed by atoms with Gasteiger partial charge in [-0.05, 0) is 25.5 Å². The van der Waals surface area contributed by atoms with E-state index >= 15 is 0 Å². The number of benzene rings is 1. The number of rotatable bonds is 7. The molecule has 0 radical (unpaired) electrons. The first-order valence-electron chi connectivity index (χ1n) is 7.15. The standard InChI is InChI=1S/C15H23NO4S/c1-16-15(12-7-10-21(17,18)11-12)13-5-3-4-6-14(13)20-9-8-19-2/h3-6,12,15-16H,7-11H2,1-2H3. The number of methoxy groups -OCH3 is 1. The van der Waals surface area contributed by atoms with Crippen LogP contribution in [0.1, 0.15) is 18.0 Å². The minimum atomic E-state index is -2.89. The van der Waals surface area contributed by atoms with E-state index < -0.39 is 9.84 Å². The lowest BCUT2D eigenvalue weighted by Crippen LogP contribution is -2.26. The predicted octanol–water partition coefficient (Wildman–Crippen LogP) is 1.41. The van der Waals surface area contributed by atoms with Crippen LogP contribution in [0.3, 0.4) is 0 Å². The molecule has 1 heterocycles. The van der Waals surface area contributed by atoms with Gasteiger partial charge in [-0.2, -0.15) is 0 Å². The lowest BCUT2D eigenvalue weighted by molar-refractivity contribution is 0.145. The Morgan fingerprint density at radius 1 is 1.33 bits per heavy atom. The van der Waals surface area contributed by atoms with Gasteiger partial charge < -0.3 is 14.8 Å². The molecule has 1 aromatic rings. The maximum atomic E-state index is 11.7. The lowest BCUT2D eigenvalue weighted by atomic mass is 9.92. The van der Waals surface area contributed by atoms with Gasteiger partial charge in [-0.3, -0.25) is 0 Å². The molecule has 1 N–H and O–H groups in total. The molecule has 1 fully saturated rings. The maximum absolute atomic E-state index is 11.7. The third-order valence-electron chi connectivity index (χ3n) is 3.85. The molecule has 0 aliphatic carbocycles. The summed E-state index contributed by atoms with van der Waals surface area (Å²) in [5.74, 6) is 1.40. The molecule has 2 rings (SSSR count). The molecule has 0 bridgehead atoms. The molecule has 0 aromatic heterocycles. The van der Waals surface area contributed by atoms with Gasteiger partial charge in [0.1, 0.15) is 12.4 Å². The molecule has 1 aliphatic rings. The maximum Gasteiger partial charge on any atom is 0.150 e. The minimum Gasteiger partial charge on any atom is -0.491 e. The molecule has 118 valence electrons. The molecule has 0 saturated carbocycles. The van der Waals surface area contributed by atoms with E-state index in [9.17, 15) is 8.42 Å². The molecule has 21 heavy (non-hydrogen) atoms. The highest BCUT2D eigenvalue weighted by Crippen LogP contribution is 2.35. The monoisotopic (exact) mass is 313 g/mol. The smallest absolute Gasteiger partial charge is 0.150 e. The summed E-state index contributed by atoms with van der Waals surface area (Å²) in [4.78, 5) is 0. The fraction of sp³-hybridized carbons (Fsp3) is 0.600. The molecule has 2 unspecified atom stereocenters. The number of para-hydroxylation sites is 1. The zero-order valence-electron chi connectivity index (χ0n) is 12.5. The fourth-order valence-corrected chi connectivity index (χ4v) is 4.68. The summed E-state index contributed by atoms with van der Waals surface area (Å²) < 4.78 is 34.2. The van der Waals surface area contributed by atoms with E-state index in [2.05, 4.69) is 5.32 Å². The minimum absolute atomic E-state index is 0.0129. The zero-order valence-corrected chi connectivity index (χ0v) is 13.4. The second-order valence-electron chi connectivity index (χ2n) is 5.31. The van der Waals surface area contributed by atoms with Crippen molar-refractivity contribution in [3.8, 4) is 5.75 Å². The van der Waals surface area contributed by atoms with Gasteiger partial charge in [0.15, 0.2) is 9.84 Å². The van der Waals surface area contributed by atoms with Crippen LogP contribution >= 0.6 is 0 Å². The highest BCUT2D eigenvalue weighted by atomic mass is 32.2. The fourth-order valence-electron chi connectivity index (χ4n) is 2.84. The lowest BCUT2D eigenvalue weighted by Gasteiger charge is -2.24. The van der Waals surface area contributed by atoms with Crippen LogP contribution in [0.4, 0.5) is 0 Å². The van der Waals surface area contributed by atoms with E-state index in [4.69, 9.17) is 9.47 Å². The van der Waals surface area contributed by atoms with Crippen molar-refractivity contribution in [3.05, 3.63) is 29.8 Å². The topological polar surface area (TPSA) is 64.6 Å². The molecular weight excluding hydrogens is 290 g/mol. The second-order valence-corrected chi connectivity index (χ2v) is 7.54. The van der Waals surface area contributed by atoms with Crippen LogP contribution in [0.5, 0.6) is 5.75 Å². The predicted molar refractivity (Wildman–Crippen MR) is 82.4 cm³/mol. The number of sulfone groups is 1. The van der Waals surface area contributed by atoms with Crippen molar-refractivity contribution in [2.24, 2.45) is 5.92 Å². The molecule has 1 aliphatic heterocycles. The molecule has 6 heteroatoms. The van der Waals surface area contributed by atoms with Gasteiger partial charge in [0.2, 0.25) is 0 Å². The average molecular weight is 313 g/mol. The van der Waals surface area contributed by atoms with Gasteiger partial charge in [0, 0.05) is 18.7 Å². The van der Waals surface area contributed by atoms with E-state index in [1.807, 2.05) is 31.3 Å². The van der Waals surface area contributed by atoms with Crippen LogP contribution in [0, 0.1) is 5.92 Å². The summed E-state index contributed by atoms with van der Waals surface area (Å²) in [5, 5.41) is 3.25. The number of hydrogen-bond donors (Lipinski definition) is 1. The van der Waals surface area contributed by atoms with E-state index in [1.54, 1.807) is 7.11 Å². The molecule has 5 nitrogen and oxygen atoms in total. The van der Waals surface area contributed by atoms with E-state index in [1.165, 1.54) is 0 Å². The molecule has 1 saturated heterocycles. The summed E-state index contributed by atoms with van der Waals surface area (Å²) in [7, 11) is 0.603. The van der Waals surface area contributed by atoms with Crippen LogP contribution in [0.2, 0.25) is 0 Å². The summed E-state index contributed by atoms with van der Waals surface area (Å²) in [5.41, 5.74) is 1.01. The Morgan fingerprint density at radius 3 is 2.71 bits per heavy atom. The molecule has 0 spiro atoms. The van der Waals surface area contributed by atoms with Gasteiger partial charge in [-0.25, -0.2) is 8.42 Å². The normalized spacial score (nSPS) is 22.1. The van der Waals surface area contributed by atoms with E-state index in [0.717, 1.165) is 11.3 Å². The Labute approximate surface area is 126 Å². The zero-order chi connectivity index (χ0) is 15.3. The Balaban J connectivity index is 2.18. The highest BCUT2D eigenvalue weighted by molar-refractivity contribution is 7.91. The van der Waals surface area contributed by atoms with Crippen LogP contribution in [-0.2, 0) is 14.6 Å². The van der Waals surface area contributed by atoms with Crippen molar-refractivity contribution in [1.29, 1.82) is 0 Å². The van der Waals surface area contributed by atoms with Crippen LogP contribution in [0.15, 0.2) is 24.3 Å². The molecule has 2 atom stereocenters. The van der Waals surface area contributed by atoms with Gasteiger partial charge in [0.25, 0.3) is 0 Å². The molecular formula is C15H23NO4S. The third kappa shape index (κ3) is 4.18. The first-order chi connectivity index (χ1) is 10.1. The Hall–Kier alpha value is -1.11. The number of hydrogen-bond acceptors (Lipinski definition) is 5. The van der Waals surface area contributed by atoms with E-state index in [-0.39, 0.29) is 23.5 Å². The van der Waals surface area contributed by atoms with Crippen LogP contribution < -0.4 is 10.1 Å². The largest absolute Gasteiger partial charge is 0.491 e. The summed E-state index contributed by atoms with van der Waals surface area (Å²) in [6.45, 7) is 1.00. The SMILES string of the molecule is CNC(c1ccccc1OCCOC)C1CCS(=O)(=O)C1. The summed E-state index contributed by atoms with van der Waals surface area (Å²) in [6.07, 6.45) is 0.695. The number of nitrogens with one attached hydrogen (secondary N) is 1. The second kappa shape index (κ2) is 7.24. The number of ether oxygens (including phenoxy) is 2. The Bertz CT molecular complexity index is 559. The van der Waals surface area contributed by atoms with Gasteiger partial charge >= 0.3 is 0 Å². The van der Waals surface area contributed by atoms with Crippen molar-refractivity contribution in [1.82, 2.24) is 5.32 Å². The average Bonchev–Trinajstić information content (AvgIpc) is 2.82. The van der Waals surface area contributed by atoms with Crippen molar-refractivity contribution in [2.45, 2.75) is 12.5 Å². The van der Waals surface area contributed by atoms with Gasteiger partial charge in [-0.15, -0.1) is 0 Å². The summed E-state index contributed by atoms with van der Waals surface area (Å²) in [6, 6.07) is 7.77. The van der Waals surface area contributed by atoms with Crippen molar-refractivity contribution in [2.75, 3.05) is 38.9 Å². The molecule has 0 amide bonds. The van der Waals surface area contributed by atoms with Crippen LogP contribution in [0.25, 0.3) is 0 Å². The van der Waals surface area contributed by atoms with Crippen molar-refractivity contribution in [3.63, 3.8) is 0 Å². The van der Waals surface area contributed by atoms with Crippen molar-refractivity contribution >= 4 is 9.84 Å². The third-order valence-corrected chi connectivity index (χ3v) is 5.64.